The minimum atomic E-state index is -0.839. The van der Waals surface area contributed by atoms with Crippen molar-refractivity contribution in [2.24, 2.45) is 0 Å². The molecule has 146 valence electrons. The molecule has 5 heteroatoms. The molecule has 2 aromatic carbocycles. The average Bonchev–Trinajstić information content (AvgIpc) is 3.32. The van der Waals surface area contributed by atoms with Crippen molar-refractivity contribution in [1.82, 2.24) is 0 Å². The topological polar surface area (TPSA) is 70.8 Å². The zero-order chi connectivity index (χ0) is 20.7. The van der Waals surface area contributed by atoms with Crippen LogP contribution in [0.4, 0.5) is 5.69 Å². The molecular formula is C24H21NO4. The molecule has 5 nitrogen and oxygen atoms in total. The molecule has 1 aliphatic rings. The molecule has 1 amide bonds. The van der Waals surface area contributed by atoms with E-state index < -0.39 is 17.7 Å². The Bertz CT molecular complexity index is 1120. The van der Waals surface area contributed by atoms with Gasteiger partial charge in [-0.05, 0) is 56.2 Å². The lowest BCUT2D eigenvalue weighted by molar-refractivity contribution is -0.132. The van der Waals surface area contributed by atoms with Crippen molar-refractivity contribution < 1.29 is 19.1 Å². The smallest absolute Gasteiger partial charge is 0.300 e. The molecule has 1 N–H and O–H groups in total. The number of rotatable bonds is 3. The maximum atomic E-state index is 13.0. The Hall–Kier alpha value is -3.60. The van der Waals surface area contributed by atoms with Crippen molar-refractivity contribution in [3.63, 3.8) is 0 Å². The second kappa shape index (κ2) is 7.09. The molecule has 0 bridgehead atoms. The van der Waals surface area contributed by atoms with Crippen LogP contribution >= 0.6 is 0 Å². The maximum Gasteiger partial charge on any atom is 0.300 e. The second-order valence-electron chi connectivity index (χ2n) is 7.32. The van der Waals surface area contributed by atoms with E-state index in [4.69, 9.17) is 4.42 Å². The van der Waals surface area contributed by atoms with Crippen molar-refractivity contribution in [1.29, 1.82) is 0 Å². The molecule has 29 heavy (non-hydrogen) atoms. The average molecular weight is 387 g/mol. The van der Waals surface area contributed by atoms with Crippen LogP contribution in [0.3, 0.4) is 0 Å². The molecule has 1 fully saturated rings. The Morgan fingerprint density at radius 2 is 1.69 bits per heavy atom. The standard InChI is InChI=1S/C24H21NO4/c1-14-6-9-17(10-7-14)22(26)20-21(19-5-4-12-29-19)25(24(28)23(20)27)18-11-8-15(2)16(3)13-18/h4-13,21,26H,1-3H3/b22-20-. The fourth-order valence-corrected chi connectivity index (χ4v) is 3.56. The Balaban J connectivity index is 1.92. The summed E-state index contributed by atoms with van der Waals surface area (Å²) in [6.07, 6.45) is 1.49. The zero-order valence-corrected chi connectivity index (χ0v) is 16.5. The van der Waals surface area contributed by atoms with E-state index in [-0.39, 0.29) is 11.3 Å². The molecule has 3 aromatic rings. The summed E-state index contributed by atoms with van der Waals surface area (Å²) in [6.45, 7) is 5.86. The Labute approximate surface area is 168 Å². The second-order valence-corrected chi connectivity index (χ2v) is 7.32. The number of aliphatic hydroxyl groups excluding tert-OH is 1. The fourth-order valence-electron chi connectivity index (χ4n) is 3.56. The fraction of sp³-hybridized carbons (Fsp3) is 0.167. The minimum Gasteiger partial charge on any atom is -0.507 e. The third-order valence-corrected chi connectivity index (χ3v) is 5.35. The van der Waals surface area contributed by atoms with Crippen LogP contribution in [0.5, 0.6) is 0 Å². The van der Waals surface area contributed by atoms with Crippen LogP contribution in [-0.2, 0) is 9.59 Å². The van der Waals surface area contributed by atoms with E-state index >= 15 is 0 Å². The number of Topliss-reactive ketones (excluding diaryl/α,β-unsaturated/α-hetero) is 1. The number of aliphatic hydroxyl groups is 1. The van der Waals surface area contributed by atoms with Crippen LogP contribution in [0.2, 0.25) is 0 Å². The number of furan rings is 1. The third kappa shape index (κ3) is 3.14. The molecule has 1 aliphatic heterocycles. The van der Waals surface area contributed by atoms with Gasteiger partial charge in [-0.25, -0.2) is 0 Å². The van der Waals surface area contributed by atoms with Gasteiger partial charge >= 0.3 is 0 Å². The normalized spacial score (nSPS) is 18.4. The summed E-state index contributed by atoms with van der Waals surface area (Å²) >= 11 is 0. The van der Waals surface area contributed by atoms with Gasteiger partial charge in [0.2, 0.25) is 0 Å². The molecule has 0 saturated carbocycles. The van der Waals surface area contributed by atoms with Crippen LogP contribution in [0, 0.1) is 20.8 Å². The number of carbonyl (C=O) groups is 2. The van der Waals surface area contributed by atoms with Crippen molar-refractivity contribution in [2.75, 3.05) is 4.90 Å². The molecule has 4 rings (SSSR count). The number of nitrogens with zero attached hydrogens (tertiary/aromatic N) is 1. The van der Waals surface area contributed by atoms with Crippen molar-refractivity contribution in [3.8, 4) is 0 Å². The van der Waals surface area contributed by atoms with Gasteiger partial charge in [0.1, 0.15) is 17.6 Å². The number of hydrogen-bond acceptors (Lipinski definition) is 4. The third-order valence-electron chi connectivity index (χ3n) is 5.35. The largest absolute Gasteiger partial charge is 0.507 e. The molecule has 1 atom stereocenters. The van der Waals surface area contributed by atoms with Crippen LogP contribution in [-0.4, -0.2) is 16.8 Å². The lowest BCUT2D eigenvalue weighted by Crippen LogP contribution is -2.29. The zero-order valence-electron chi connectivity index (χ0n) is 16.5. The predicted molar refractivity (Wildman–Crippen MR) is 111 cm³/mol. The minimum absolute atomic E-state index is 0.0204. The summed E-state index contributed by atoms with van der Waals surface area (Å²) in [7, 11) is 0. The van der Waals surface area contributed by atoms with E-state index in [1.165, 1.54) is 11.2 Å². The highest BCUT2D eigenvalue weighted by molar-refractivity contribution is 6.51. The lowest BCUT2D eigenvalue weighted by Gasteiger charge is -2.24. The quantitative estimate of drug-likeness (QED) is 0.397. The summed E-state index contributed by atoms with van der Waals surface area (Å²) in [5.41, 5.74) is 4.19. The van der Waals surface area contributed by atoms with Gasteiger partial charge in [-0.3, -0.25) is 14.5 Å². The molecule has 0 spiro atoms. The lowest BCUT2D eigenvalue weighted by atomic mass is 9.98. The van der Waals surface area contributed by atoms with Crippen LogP contribution in [0.25, 0.3) is 5.76 Å². The first kappa shape index (κ1) is 18.7. The van der Waals surface area contributed by atoms with Crippen molar-refractivity contribution in [2.45, 2.75) is 26.8 Å². The molecule has 0 radical (unpaired) electrons. The summed E-state index contributed by atoms with van der Waals surface area (Å²) in [4.78, 5) is 27.4. The number of amides is 1. The Morgan fingerprint density at radius 1 is 0.966 bits per heavy atom. The summed E-state index contributed by atoms with van der Waals surface area (Å²) in [6, 6.07) is 15.3. The van der Waals surface area contributed by atoms with Gasteiger partial charge in [0.05, 0.1) is 11.8 Å². The molecule has 2 heterocycles. The van der Waals surface area contributed by atoms with Gasteiger partial charge < -0.3 is 9.52 Å². The highest BCUT2D eigenvalue weighted by Crippen LogP contribution is 2.42. The van der Waals surface area contributed by atoms with E-state index in [1.807, 2.05) is 45.0 Å². The number of anilines is 1. The van der Waals surface area contributed by atoms with E-state index in [9.17, 15) is 14.7 Å². The SMILES string of the molecule is Cc1ccc(/C(O)=C2/C(=O)C(=O)N(c3ccc(C)c(C)c3)C2c2ccco2)cc1. The first-order valence-corrected chi connectivity index (χ1v) is 9.37. The van der Waals surface area contributed by atoms with Gasteiger partial charge in [0, 0.05) is 11.3 Å². The molecule has 1 unspecified atom stereocenters. The van der Waals surface area contributed by atoms with Gasteiger partial charge in [0.15, 0.2) is 0 Å². The Kier molecular flexibility index (Phi) is 4.59. The number of carbonyl (C=O) groups excluding carboxylic acids is 2. The van der Waals surface area contributed by atoms with E-state index in [0.29, 0.717) is 17.0 Å². The maximum absolute atomic E-state index is 13.0. The monoisotopic (exact) mass is 387 g/mol. The van der Waals surface area contributed by atoms with E-state index in [0.717, 1.165) is 16.7 Å². The van der Waals surface area contributed by atoms with Crippen molar-refractivity contribution in [3.05, 3.63) is 94.4 Å². The van der Waals surface area contributed by atoms with Gasteiger partial charge in [-0.1, -0.05) is 35.9 Å². The summed E-state index contributed by atoms with van der Waals surface area (Å²) in [5.74, 6) is -1.22. The molecule has 0 aliphatic carbocycles. The first-order chi connectivity index (χ1) is 13.9. The predicted octanol–water partition coefficient (Wildman–Crippen LogP) is 4.83. The number of aryl methyl sites for hydroxylation is 3. The van der Waals surface area contributed by atoms with Crippen LogP contribution in [0.1, 0.15) is 34.1 Å². The molecule has 1 saturated heterocycles. The van der Waals surface area contributed by atoms with Gasteiger partial charge in [-0.2, -0.15) is 0 Å². The first-order valence-electron chi connectivity index (χ1n) is 9.37. The number of ketones is 1. The molecule has 1 aromatic heterocycles. The highest BCUT2D eigenvalue weighted by atomic mass is 16.3. The van der Waals surface area contributed by atoms with Gasteiger partial charge in [-0.15, -0.1) is 0 Å². The van der Waals surface area contributed by atoms with Crippen LogP contribution in [0.15, 0.2) is 70.9 Å². The van der Waals surface area contributed by atoms with E-state index in [1.54, 1.807) is 30.3 Å². The summed E-state index contributed by atoms with van der Waals surface area (Å²) < 4.78 is 5.56. The molecular weight excluding hydrogens is 366 g/mol. The van der Waals surface area contributed by atoms with Crippen molar-refractivity contribution >= 4 is 23.1 Å². The highest BCUT2D eigenvalue weighted by Gasteiger charge is 2.48. The van der Waals surface area contributed by atoms with E-state index in [2.05, 4.69) is 0 Å². The number of hydrogen-bond donors (Lipinski definition) is 1. The Morgan fingerprint density at radius 3 is 2.31 bits per heavy atom. The summed E-state index contributed by atoms with van der Waals surface area (Å²) in [5, 5.41) is 11.0. The number of benzene rings is 2. The van der Waals surface area contributed by atoms with Gasteiger partial charge in [0.25, 0.3) is 11.7 Å². The van der Waals surface area contributed by atoms with Crippen LogP contribution < -0.4 is 4.90 Å².